The molecule has 0 spiro atoms. The molecule has 0 aromatic heterocycles. The van der Waals surface area contributed by atoms with Gasteiger partial charge in [-0.3, -0.25) is 0 Å². The minimum atomic E-state index is -0.662. The zero-order chi connectivity index (χ0) is 22.9. The summed E-state index contributed by atoms with van der Waals surface area (Å²) < 4.78 is 37.9. The quantitative estimate of drug-likeness (QED) is 0.541. The van der Waals surface area contributed by atoms with E-state index in [0.29, 0.717) is 6.04 Å². The summed E-state index contributed by atoms with van der Waals surface area (Å²) in [4.78, 5) is 7.03. The predicted octanol–water partition coefficient (Wildman–Crippen LogP) is 3.90. The number of ether oxygens (including phenoxy) is 2. The van der Waals surface area contributed by atoms with Crippen LogP contribution in [-0.2, 0) is 5.41 Å². The number of hydrogen-bond acceptors (Lipinski definition) is 4. The maximum atomic E-state index is 13.4. The van der Waals surface area contributed by atoms with Crippen LogP contribution in [0.1, 0.15) is 31.2 Å². The number of likely N-dealkylation sites (N-methyl/N-ethyl adjacent to an activating group) is 1. The number of benzene rings is 2. The average molecular weight is 445 g/mol. The Morgan fingerprint density at radius 1 is 1.09 bits per heavy atom. The van der Waals surface area contributed by atoms with E-state index in [1.54, 1.807) is 14.2 Å². The molecule has 32 heavy (non-hydrogen) atoms. The second-order valence-electron chi connectivity index (χ2n) is 8.70. The molecular formula is C24H30F2N4O2. The Kier molecular flexibility index (Phi) is 6.24. The third-order valence-corrected chi connectivity index (χ3v) is 6.91. The van der Waals surface area contributed by atoms with Crippen molar-refractivity contribution in [2.75, 3.05) is 33.1 Å². The fourth-order valence-corrected chi connectivity index (χ4v) is 5.36. The molecule has 3 N–H and O–H groups in total. The van der Waals surface area contributed by atoms with Gasteiger partial charge in [0.1, 0.15) is 11.6 Å². The van der Waals surface area contributed by atoms with Gasteiger partial charge in [0.25, 0.3) is 0 Å². The number of hydrogen-bond donors (Lipinski definition) is 2. The number of nitrogens with two attached hydrogens (primary N) is 1. The van der Waals surface area contributed by atoms with E-state index in [-0.39, 0.29) is 23.1 Å². The maximum Gasteiger partial charge on any atom is 0.193 e. The number of rotatable bonds is 5. The van der Waals surface area contributed by atoms with Gasteiger partial charge in [-0.05, 0) is 69.1 Å². The van der Waals surface area contributed by atoms with Crippen LogP contribution < -0.4 is 20.5 Å². The van der Waals surface area contributed by atoms with E-state index in [9.17, 15) is 8.78 Å². The van der Waals surface area contributed by atoms with Gasteiger partial charge in [0.15, 0.2) is 17.5 Å². The highest BCUT2D eigenvalue weighted by Crippen LogP contribution is 2.50. The molecule has 0 radical (unpaired) electrons. The number of aliphatic imine (C=N–C) groups is 1. The largest absolute Gasteiger partial charge is 0.493 e. The molecule has 3 atom stereocenters. The van der Waals surface area contributed by atoms with Crippen LogP contribution in [0.3, 0.4) is 0 Å². The summed E-state index contributed by atoms with van der Waals surface area (Å²) in [6.45, 7) is 1.01. The number of guanidine groups is 1. The van der Waals surface area contributed by atoms with Gasteiger partial charge in [-0.25, -0.2) is 13.8 Å². The van der Waals surface area contributed by atoms with E-state index in [1.807, 2.05) is 6.07 Å². The number of nitrogens with zero attached hydrogens (tertiary/aromatic N) is 2. The van der Waals surface area contributed by atoms with E-state index in [1.165, 1.54) is 17.7 Å². The topological polar surface area (TPSA) is 72.1 Å². The molecule has 0 unspecified atom stereocenters. The standard InChI is InChI=1S/C24H30F2N4O2/c1-30-9-8-24(15-4-5-20(31-2)21(10-15)32-3)7-6-18(14-22(24)30)28-23(27)29-19-12-16(25)11-17(26)13-19/h4-5,10-13,18,22H,6-9,14H2,1-3H3,(H3,27,28,29)/t18-,22+,24-/m0/s1. The second-order valence-corrected chi connectivity index (χ2v) is 8.70. The molecule has 1 saturated heterocycles. The normalized spacial score (nSPS) is 26.0. The van der Waals surface area contributed by atoms with E-state index in [0.717, 1.165) is 49.8 Å². The molecule has 1 saturated carbocycles. The van der Waals surface area contributed by atoms with Crippen LogP contribution in [0, 0.1) is 11.6 Å². The third-order valence-electron chi connectivity index (χ3n) is 6.91. The zero-order valence-electron chi connectivity index (χ0n) is 18.7. The molecule has 2 aromatic carbocycles. The summed E-state index contributed by atoms with van der Waals surface area (Å²) in [5, 5.41) is 2.81. The van der Waals surface area contributed by atoms with Crippen molar-refractivity contribution >= 4 is 11.6 Å². The number of nitrogens with one attached hydrogen (secondary N) is 1. The zero-order valence-corrected chi connectivity index (χ0v) is 18.7. The molecule has 8 heteroatoms. The van der Waals surface area contributed by atoms with Crippen LogP contribution in [0.15, 0.2) is 41.4 Å². The Balaban J connectivity index is 1.54. The average Bonchev–Trinajstić information content (AvgIpc) is 3.09. The highest BCUT2D eigenvalue weighted by atomic mass is 19.1. The third kappa shape index (κ3) is 4.24. The highest BCUT2D eigenvalue weighted by Gasteiger charge is 2.50. The van der Waals surface area contributed by atoms with E-state index < -0.39 is 11.6 Å². The molecule has 2 fully saturated rings. The lowest BCUT2D eigenvalue weighted by molar-refractivity contribution is 0.168. The number of methoxy groups -OCH3 is 2. The van der Waals surface area contributed by atoms with Crippen LogP contribution in [-0.4, -0.2) is 50.8 Å². The van der Waals surface area contributed by atoms with Crippen LogP contribution in [0.25, 0.3) is 0 Å². The molecule has 1 heterocycles. The smallest absolute Gasteiger partial charge is 0.193 e. The lowest BCUT2D eigenvalue weighted by Crippen LogP contribution is -2.47. The minimum absolute atomic E-state index is 0.0220. The first-order valence-electron chi connectivity index (χ1n) is 10.8. The number of likely N-dealkylation sites (tertiary alicyclic amines) is 1. The number of halogens is 2. The summed E-state index contributed by atoms with van der Waals surface area (Å²) in [5.74, 6) is 0.305. The summed E-state index contributed by atoms with van der Waals surface area (Å²) in [7, 11) is 5.45. The van der Waals surface area contributed by atoms with Gasteiger partial charge in [-0.15, -0.1) is 0 Å². The van der Waals surface area contributed by atoms with Crippen LogP contribution in [0.4, 0.5) is 14.5 Å². The first-order valence-corrected chi connectivity index (χ1v) is 10.8. The summed E-state index contributed by atoms with van der Waals surface area (Å²) >= 11 is 0. The van der Waals surface area contributed by atoms with E-state index in [4.69, 9.17) is 15.2 Å². The highest BCUT2D eigenvalue weighted by molar-refractivity contribution is 5.92. The molecule has 172 valence electrons. The molecule has 6 nitrogen and oxygen atoms in total. The van der Waals surface area contributed by atoms with E-state index in [2.05, 4.69) is 34.4 Å². The van der Waals surface area contributed by atoms with Gasteiger partial charge in [0.05, 0.1) is 20.3 Å². The Labute approximate surface area is 187 Å². The molecular weight excluding hydrogens is 414 g/mol. The Morgan fingerprint density at radius 2 is 1.81 bits per heavy atom. The predicted molar refractivity (Wildman–Crippen MR) is 122 cm³/mol. The lowest BCUT2D eigenvalue weighted by atomic mass is 9.65. The molecule has 1 aliphatic carbocycles. The van der Waals surface area contributed by atoms with Gasteiger partial charge in [0.2, 0.25) is 0 Å². The van der Waals surface area contributed by atoms with Crippen molar-refractivity contribution in [3.05, 3.63) is 53.6 Å². The summed E-state index contributed by atoms with van der Waals surface area (Å²) in [5.41, 5.74) is 7.60. The molecule has 2 aliphatic rings. The first kappa shape index (κ1) is 22.3. The van der Waals surface area contributed by atoms with Crippen molar-refractivity contribution < 1.29 is 18.3 Å². The minimum Gasteiger partial charge on any atom is -0.493 e. The van der Waals surface area contributed by atoms with Crippen molar-refractivity contribution in [3.63, 3.8) is 0 Å². The first-order chi connectivity index (χ1) is 15.3. The molecule has 2 aromatic rings. The van der Waals surface area contributed by atoms with Crippen LogP contribution in [0.5, 0.6) is 11.5 Å². The van der Waals surface area contributed by atoms with Crippen molar-refractivity contribution in [1.82, 2.24) is 4.90 Å². The van der Waals surface area contributed by atoms with Gasteiger partial charge in [-0.2, -0.15) is 0 Å². The Bertz CT molecular complexity index is 995. The second kappa shape index (κ2) is 8.94. The Morgan fingerprint density at radius 3 is 2.50 bits per heavy atom. The number of anilines is 1. The van der Waals surface area contributed by atoms with Crippen LogP contribution in [0.2, 0.25) is 0 Å². The Hall–Kier alpha value is -2.87. The maximum absolute atomic E-state index is 13.4. The fraction of sp³-hybridized carbons (Fsp3) is 0.458. The van der Waals surface area contributed by atoms with Crippen molar-refractivity contribution in [1.29, 1.82) is 0 Å². The lowest BCUT2D eigenvalue weighted by Gasteiger charge is -2.44. The van der Waals surface area contributed by atoms with Crippen molar-refractivity contribution in [2.24, 2.45) is 10.7 Å². The molecule has 0 amide bonds. The fourth-order valence-electron chi connectivity index (χ4n) is 5.36. The number of fused-ring (bicyclic) bond motifs is 1. The van der Waals surface area contributed by atoms with Crippen molar-refractivity contribution in [3.8, 4) is 11.5 Å². The van der Waals surface area contributed by atoms with Crippen molar-refractivity contribution in [2.45, 2.75) is 43.2 Å². The summed E-state index contributed by atoms with van der Waals surface area (Å²) in [6.07, 6.45) is 3.76. The van der Waals surface area contributed by atoms with E-state index >= 15 is 0 Å². The molecule has 0 bridgehead atoms. The van der Waals surface area contributed by atoms with Gasteiger partial charge in [-0.1, -0.05) is 6.07 Å². The summed E-state index contributed by atoms with van der Waals surface area (Å²) in [6, 6.07) is 9.76. The monoisotopic (exact) mass is 444 g/mol. The molecule has 4 rings (SSSR count). The van der Waals surface area contributed by atoms with Gasteiger partial charge in [0, 0.05) is 23.2 Å². The van der Waals surface area contributed by atoms with Gasteiger partial charge < -0.3 is 25.4 Å². The van der Waals surface area contributed by atoms with Crippen LogP contribution >= 0.6 is 0 Å². The molecule has 1 aliphatic heterocycles. The van der Waals surface area contributed by atoms with Gasteiger partial charge >= 0.3 is 0 Å². The SMILES string of the molecule is COc1ccc([C@@]23CC[C@H](N=C(N)Nc4cc(F)cc(F)c4)C[C@H]2N(C)CC3)cc1OC.